The molecule has 1 rings (SSSR count). The Kier molecular flexibility index (Phi) is 2.02. The summed E-state index contributed by atoms with van der Waals surface area (Å²) in [5, 5.41) is 10.7. The molecule has 1 aliphatic heterocycles. The molecule has 4 nitrogen and oxygen atoms in total. The van der Waals surface area contributed by atoms with E-state index in [1.165, 1.54) is 0 Å². The van der Waals surface area contributed by atoms with E-state index in [0.717, 1.165) is 6.54 Å². The number of hydrogen-bond acceptors (Lipinski definition) is 4. The second kappa shape index (κ2) is 2.62. The van der Waals surface area contributed by atoms with Crippen molar-refractivity contribution < 1.29 is 5.11 Å². The van der Waals surface area contributed by atoms with Gasteiger partial charge in [0.25, 0.3) is 0 Å². The molecule has 5 N–H and O–H groups in total. The summed E-state index contributed by atoms with van der Waals surface area (Å²) in [5.41, 5.74) is 5.50. The highest BCUT2D eigenvalue weighted by molar-refractivity contribution is 4.79. The zero-order valence-corrected chi connectivity index (χ0v) is 5.33. The molecular weight excluding hydrogens is 118 g/mol. The van der Waals surface area contributed by atoms with Crippen LogP contribution >= 0.6 is 0 Å². The van der Waals surface area contributed by atoms with Gasteiger partial charge in [-0.3, -0.25) is 5.84 Å². The molecule has 0 amide bonds. The lowest BCUT2D eigenvalue weighted by Gasteiger charge is -2.30. The Morgan fingerprint density at radius 1 is 1.56 bits per heavy atom. The number of piperidine rings is 1. The Balaban J connectivity index is 2.35. The van der Waals surface area contributed by atoms with Crippen molar-refractivity contribution >= 4 is 0 Å². The molecule has 2 unspecified atom stereocenters. The van der Waals surface area contributed by atoms with Crippen molar-refractivity contribution in [1.82, 2.24) is 5.01 Å². The molecule has 0 aromatic carbocycles. The van der Waals surface area contributed by atoms with Gasteiger partial charge in [0.05, 0.1) is 6.10 Å². The lowest BCUT2D eigenvalue weighted by molar-refractivity contribution is 0.0627. The minimum Gasteiger partial charge on any atom is -0.391 e. The molecule has 2 atom stereocenters. The van der Waals surface area contributed by atoms with E-state index in [1.54, 1.807) is 5.01 Å². The van der Waals surface area contributed by atoms with Gasteiger partial charge >= 0.3 is 0 Å². The fourth-order valence-electron chi connectivity index (χ4n) is 0.996. The topological polar surface area (TPSA) is 75.5 Å². The summed E-state index contributed by atoms with van der Waals surface area (Å²) in [5.74, 6) is 5.43. The van der Waals surface area contributed by atoms with Gasteiger partial charge in [-0.15, -0.1) is 0 Å². The number of hydrogen-bond donors (Lipinski definition) is 3. The Labute approximate surface area is 54.4 Å². The predicted molar refractivity (Wildman–Crippen MR) is 34.4 cm³/mol. The van der Waals surface area contributed by atoms with E-state index in [9.17, 15) is 0 Å². The zero-order chi connectivity index (χ0) is 6.85. The summed E-state index contributed by atoms with van der Waals surface area (Å²) in [6, 6.07) is -0.163. The molecule has 0 spiro atoms. The van der Waals surface area contributed by atoms with E-state index in [2.05, 4.69) is 0 Å². The van der Waals surface area contributed by atoms with Gasteiger partial charge in [-0.05, 0) is 6.42 Å². The smallest absolute Gasteiger partial charge is 0.0716 e. The summed E-state index contributed by atoms with van der Waals surface area (Å²) in [6.07, 6.45) is 0.335. The highest BCUT2D eigenvalue weighted by Gasteiger charge is 2.22. The quantitative estimate of drug-likeness (QED) is 0.341. The van der Waals surface area contributed by atoms with Crippen LogP contribution in [0.15, 0.2) is 0 Å². The zero-order valence-electron chi connectivity index (χ0n) is 5.33. The van der Waals surface area contributed by atoms with Gasteiger partial charge in [0.15, 0.2) is 0 Å². The van der Waals surface area contributed by atoms with Crippen LogP contribution in [0.1, 0.15) is 6.42 Å². The molecule has 0 aromatic heterocycles. The van der Waals surface area contributed by atoms with Crippen molar-refractivity contribution in [1.29, 1.82) is 0 Å². The molecule has 9 heavy (non-hydrogen) atoms. The predicted octanol–water partition coefficient (Wildman–Crippen LogP) is -1.75. The van der Waals surface area contributed by atoms with Crippen LogP contribution in [-0.2, 0) is 0 Å². The molecule has 1 aliphatic rings. The Morgan fingerprint density at radius 2 is 2.22 bits per heavy atom. The van der Waals surface area contributed by atoms with E-state index in [-0.39, 0.29) is 12.1 Å². The van der Waals surface area contributed by atoms with Crippen LogP contribution in [0.3, 0.4) is 0 Å². The molecule has 54 valence electrons. The van der Waals surface area contributed by atoms with Crippen LogP contribution in [0, 0.1) is 0 Å². The molecule has 1 saturated heterocycles. The number of aliphatic hydroxyl groups is 1. The van der Waals surface area contributed by atoms with Gasteiger partial charge in [-0.2, -0.15) is 0 Å². The summed E-state index contributed by atoms with van der Waals surface area (Å²) < 4.78 is 0. The van der Waals surface area contributed by atoms with Crippen molar-refractivity contribution in [2.45, 2.75) is 18.6 Å². The van der Waals surface area contributed by atoms with Crippen LogP contribution in [0.2, 0.25) is 0 Å². The lowest BCUT2D eigenvalue weighted by Crippen LogP contribution is -2.53. The maximum absolute atomic E-state index is 9.09. The molecule has 0 bridgehead atoms. The molecule has 1 heterocycles. The van der Waals surface area contributed by atoms with Gasteiger partial charge in [-0.25, -0.2) is 5.01 Å². The van der Waals surface area contributed by atoms with Gasteiger partial charge in [0.1, 0.15) is 0 Å². The highest BCUT2D eigenvalue weighted by Crippen LogP contribution is 2.04. The second-order valence-corrected chi connectivity index (χ2v) is 2.51. The van der Waals surface area contributed by atoms with Gasteiger partial charge in [-0.1, -0.05) is 0 Å². The van der Waals surface area contributed by atoms with Crippen LogP contribution in [0.5, 0.6) is 0 Å². The first-order valence-corrected chi connectivity index (χ1v) is 3.13. The minimum atomic E-state index is -0.357. The van der Waals surface area contributed by atoms with Crippen LogP contribution in [-0.4, -0.2) is 35.4 Å². The number of rotatable bonds is 0. The Morgan fingerprint density at radius 3 is 2.67 bits per heavy atom. The Bertz CT molecular complexity index is 98.2. The maximum Gasteiger partial charge on any atom is 0.0716 e. The average molecular weight is 131 g/mol. The van der Waals surface area contributed by atoms with E-state index >= 15 is 0 Å². The summed E-state index contributed by atoms with van der Waals surface area (Å²) in [4.78, 5) is 0. The highest BCUT2D eigenvalue weighted by atomic mass is 16.3. The Hall–Kier alpha value is -0.160. The van der Waals surface area contributed by atoms with Crippen LogP contribution < -0.4 is 11.6 Å². The molecular formula is C5H13N3O. The number of aliphatic hydroxyl groups excluding tert-OH is 1. The minimum absolute atomic E-state index is 0.163. The standard InChI is InChI=1S/C5H13N3O/c6-4-3-8(7)2-1-5(4)9/h4-5,9H,1-3,6-7H2. The second-order valence-electron chi connectivity index (χ2n) is 2.51. The normalized spacial score (nSPS) is 39.0. The van der Waals surface area contributed by atoms with Crippen molar-refractivity contribution in [2.24, 2.45) is 11.6 Å². The van der Waals surface area contributed by atoms with E-state index in [1.807, 2.05) is 0 Å². The monoisotopic (exact) mass is 131 g/mol. The first-order chi connectivity index (χ1) is 4.20. The van der Waals surface area contributed by atoms with Gasteiger partial charge in [0, 0.05) is 19.1 Å². The average Bonchev–Trinajstić information content (AvgIpc) is 1.80. The lowest BCUT2D eigenvalue weighted by atomic mass is 10.1. The fraction of sp³-hybridized carbons (Fsp3) is 1.00. The van der Waals surface area contributed by atoms with E-state index < -0.39 is 0 Å². The third-order valence-electron chi connectivity index (χ3n) is 1.65. The van der Waals surface area contributed by atoms with Crippen molar-refractivity contribution in [3.05, 3.63) is 0 Å². The van der Waals surface area contributed by atoms with E-state index in [0.29, 0.717) is 13.0 Å². The number of nitrogens with zero attached hydrogens (tertiary/aromatic N) is 1. The van der Waals surface area contributed by atoms with Crippen molar-refractivity contribution in [3.8, 4) is 0 Å². The van der Waals surface area contributed by atoms with Crippen molar-refractivity contribution in [2.75, 3.05) is 13.1 Å². The maximum atomic E-state index is 9.09. The third-order valence-corrected chi connectivity index (χ3v) is 1.65. The molecule has 0 aromatic rings. The number of nitrogens with two attached hydrogens (primary N) is 2. The van der Waals surface area contributed by atoms with Crippen LogP contribution in [0.4, 0.5) is 0 Å². The SMILES string of the molecule is NC1CN(N)CCC1O. The fourth-order valence-corrected chi connectivity index (χ4v) is 0.996. The first kappa shape index (κ1) is 6.95. The molecule has 0 saturated carbocycles. The summed E-state index contributed by atoms with van der Waals surface area (Å²) in [7, 11) is 0. The molecule has 1 fully saturated rings. The number of hydrazine groups is 1. The van der Waals surface area contributed by atoms with Gasteiger partial charge < -0.3 is 10.8 Å². The van der Waals surface area contributed by atoms with Crippen molar-refractivity contribution in [3.63, 3.8) is 0 Å². The molecule has 0 radical (unpaired) electrons. The van der Waals surface area contributed by atoms with Gasteiger partial charge in [0.2, 0.25) is 0 Å². The summed E-state index contributed by atoms with van der Waals surface area (Å²) >= 11 is 0. The van der Waals surface area contributed by atoms with Crippen LogP contribution in [0.25, 0.3) is 0 Å². The first-order valence-electron chi connectivity index (χ1n) is 3.13. The van der Waals surface area contributed by atoms with E-state index in [4.69, 9.17) is 16.7 Å². The molecule has 0 aliphatic carbocycles. The largest absolute Gasteiger partial charge is 0.391 e. The molecule has 4 heteroatoms. The third kappa shape index (κ3) is 1.62. The summed E-state index contributed by atoms with van der Waals surface area (Å²) in [6.45, 7) is 1.34.